The first-order valence-corrected chi connectivity index (χ1v) is 6.37. The molecule has 3 heteroatoms. The van der Waals surface area contributed by atoms with Crippen molar-refractivity contribution in [1.82, 2.24) is 4.90 Å². The summed E-state index contributed by atoms with van der Waals surface area (Å²) in [6.07, 6.45) is 4.72. The molecule has 0 aromatic heterocycles. The molecule has 3 nitrogen and oxygen atoms in total. The SMILES string of the molecule is Cc1ccc(C=CC(=O)N2CCCC(O)C2)cc1. The highest BCUT2D eigenvalue weighted by Gasteiger charge is 2.20. The van der Waals surface area contributed by atoms with Crippen LogP contribution in [0.1, 0.15) is 24.0 Å². The summed E-state index contributed by atoms with van der Waals surface area (Å²) in [5, 5.41) is 9.53. The minimum Gasteiger partial charge on any atom is -0.391 e. The Balaban J connectivity index is 1.96. The Morgan fingerprint density at radius 3 is 2.78 bits per heavy atom. The molecule has 1 atom stereocenters. The second-order valence-electron chi connectivity index (χ2n) is 4.82. The average molecular weight is 245 g/mol. The molecule has 0 saturated carbocycles. The van der Waals surface area contributed by atoms with Crippen molar-refractivity contribution in [2.75, 3.05) is 13.1 Å². The molecule has 1 heterocycles. The predicted molar refractivity (Wildman–Crippen MR) is 72.0 cm³/mol. The number of carbonyl (C=O) groups excluding carboxylic acids is 1. The topological polar surface area (TPSA) is 40.5 Å². The van der Waals surface area contributed by atoms with E-state index in [2.05, 4.69) is 0 Å². The van der Waals surface area contributed by atoms with Gasteiger partial charge in [-0.15, -0.1) is 0 Å². The molecule has 1 aromatic carbocycles. The van der Waals surface area contributed by atoms with E-state index in [9.17, 15) is 9.90 Å². The maximum atomic E-state index is 11.9. The Bertz CT molecular complexity index is 436. The fourth-order valence-electron chi connectivity index (χ4n) is 2.11. The lowest BCUT2D eigenvalue weighted by atomic mass is 10.1. The van der Waals surface area contributed by atoms with E-state index in [1.54, 1.807) is 11.0 Å². The molecule has 1 unspecified atom stereocenters. The second-order valence-corrected chi connectivity index (χ2v) is 4.82. The third kappa shape index (κ3) is 3.44. The predicted octanol–water partition coefficient (Wildman–Crippen LogP) is 1.99. The van der Waals surface area contributed by atoms with E-state index in [-0.39, 0.29) is 12.0 Å². The Hall–Kier alpha value is -1.61. The molecule has 1 amide bonds. The molecule has 1 aliphatic heterocycles. The normalized spacial score (nSPS) is 20.3. The zero-order valence-corrected chi connectivity index (χ0v) is 10.7. The van der Waals surface area contributed by atoms with Crippen molar-refractivity contribution in [2.24, 2.45) is 0 Å². The molecular formula is C15H19NO2. The average Bonchev–Trinajstić information content (AvgIpc) is 2.38. The number of aryl methyl sites for hydroxylation is 1. The Labute approximate surface area is 108 Å². The monoisotopic (exact) mass is 245 g/mol. The Morgan fingerprint density at radius 1 is 1.39 bits per heavy atom. The molecule has 2 rings (SSSR count). The Kier molecular flexibility index (Phi) is 4.15. The molecule has 1 saturated heterocycles. The van der Waals surface area contributed by atoms with Crippen molar-refractivity contribution in [3.63, 3.8) is 0 Å². The van der Waals surface area contributed by atoms with E-state index in [1.807, 2.05) is 37.3 Å². The van der Waals surface area contributed by atoms with Crippen LogP contribution in [-0.4, -0.2) is 35.1 Å². The summed E-state index contributed by atoms with van der Waals surface area (Å²) in [5.41, 5.74) is 2.23. The van der Waals surface area contributed by atoms with Gasteiger partial charge in [-0.2, -0.15) is 0 Å². The number of carbonyl (C=O) groups is 1. The number of aliphatic hydroxyl groups is 1. The maximum Gasteiger partial charge on any atom is 0.246 e. The first-order chi connectivity index (χ1) is 8.65. The van der Waals surface area contributed by atoms with Gasteiger partial charge in [-0.3, -0.25) is 4.79 Å². The summed E-state index contributed by atoms with van der Waals surface area (Å²) in [7, 11) is 0. The van der Waals surface area contributed by atoms with E-state index >= 15 is 0 Å². The number of aliphatic hydroxyl groups excluding tert-OH is 1. The zero-order chi connectivity index (χ0) is 13.0. The number of piperidine rings is 1. The molecule has 18 heavy (non-hydrogen) atoms. The van der Waals surface area contributed by atoms with E-state index in [4.69, 9.17) is 0 Å². The largest absolute Gasteiger partial charge is 0.391 e. The molecule has 1 fully saturated rings. The first-order valence-electron chi connectivity index (χ1n) is 6.37. The quantitative estimate of drug-likeness (QED) is 0.809. The third-order valence-corrected chi connectivity index (χ3v) is 3.20. The number of nitrogens with zero attached hydrogens (tertiary/aromatic N) is 1. The van der Waals surface area contributed by atoms with Crippen LogP contribution >= 0.6 is 0 Å². The van der Waals surface area contributed by atoms with Crippen LogP contribution in [0.4, 0.5) is 0 Å². The van der Waals surface area contributed by atoms with Gasteiger partial charge in [-0.1, -0.05) is 29.8 Å². The highest BCUT2D eigenvalue weighted by atomic mass is 16.3. The van der Waals surface area contributed by atoms with Gasteiger partial charge in [0.05, 0.1) is 6.10 Å². The van der Waals surface area contributed by atoms with E-state index in [1.165, 1.54) is 5.56 Å². The van der Waals surface area contributed by atoms with Crippen molar-refractivity contribution in [2.45, 2.75) is 25.9 Å². The number of β-amino-alcohol motifs (C(OH)–C–C–N with tert-alkyl or cyclic N) is 1. The number of hydrogen-bond acceptors (Lipinski definition) is 2. The van der Waals surface area contributed by atoms with Crippen molar-refractivity contribution in [1.29, 1.82) is 0 Å². The number of rotatable bonds is 2. The molecule has 1 N–H and O–H groups in total. The van der Waals surface area contributed by atoms with E-state index in [0.717, 1.165) is 24.9 Å². The van der Waals surface area contributed by atoms with Crippen LogP contribution in [0.25, 0.3) is 6.08 Å². The molecular weight excluding hydrogens is 226 g/mol. The van der Waals surface area contributed by atoms with Gasteiger partial charge < -0.3 is 10.0 Å². The maximum absolute atomic E-state index is 11.9. The van der Waals surface area contributed by atoms with Crippen LogP contribution in [-0.2, 0) is 4.79 Å². The van der Waals surface area contributed by atoms with Crippen LogP contribution in [0.5, 0.6) is 0 Å². The van der Waals surface area contributed by atoms with Gasteiger partial charge in [0.1, 0.15) is 0 Å². The summed E-state index contributed by atoms with van der Waals surface area (Å²) in [6.45, 7) is 3.24. The summed E-state index contributed by atoms with van der Waals surface area (Å²) in [6, 6.07) is 8.03. The van der Waals surface area contributed by atoms with Gasteiger partial charge >= 0.3 is 0 Å². The molecule has 0 bridgehead atoms. The smallest absolute Gasteiger partial charge is 0.246 e. The summed E-state index contributed by atoms with van der Waals surface area (Å²) < 4.78 is 0. The number of hydrogen-bond donors (Lipinski definition) is 1. The molecule has 0 aliphatic carbocycles. The molecule has 1 aliphatic rings. The second kappa shape index (κ2) is 5.83. The summed E-state index contributed by atoms with van der Waals surface area (Å²) in [5.74, 6) is -0.0191. The standard InChI is InChI=1S/C15H19NO2/c1-12-4-6-13(7-5-12)8-9-15(18)16-10-2-3-14(17)11-16/h4-9,14,17H,2-3,10-11H2,1H3. The molecule has 96 valence electrons. The number of amides is 1. The van der Waals surface area contributed by atoms with Crippen LogP contribution < -0.4 is 0 Å². The number of benzene rings is 1. The van der Waals surface area contributed by atoms with Crippen LogP contribution in [0.3, 0.4) is 0 Å². The summed E-state index contributed by atoms with van der Waals surface area (Å²) in [4.78, 5) is 13.6. The van der Waals surface area contributed by atoms with Crippen LogP contribution in [0, 0.1) is 6.92 Å². The first kappa shape index (κ1) is 12.8. The van der Waals surface area contributed by atoms with Crippen molar-refractivity contribution in [3.8, 4) is 0 Å². The van der Waals surface area contributed by atoms with Gasteiger partial charge in [-0.05, 0) is 31.4 Å². The molecule has 0 spiro atoms. The van der Waals surface area contributed by atoms with E-state index < -0.39 is 0 Å². The fourth-order valence-corrected chi connectivity index (χ4v) is 2.11. The number of likely N-dealkylation sites (tertiary alicyclic amines) is 1. The van der Waals surface area contributed by atoms with E-state index in [0.29, 0.717) is 6.54 Å². The van der Waals surface area contributed by atoms with Crippen molar-refractivity contribution in [3.05, 3.63) is 41.5 Å². The minimum absolute atomic E-state index is 0.0191. The van der Waals surface area contributed by atoms with Gasteiger partial charge in [0, 0.05) is 19.2 Å². The highest BCUT2D eigenvalue weighted by molar-refractivity contribution is 5.91. The molecule has 0 radical (unpaired) electrons. The summed E-state index contributed by atoms with van der Waals surface area (Å²) >= 11 is 0. The molecule has 1 aromatic rings. The lowest BCUT2D eigenvalue weighted by Gasteiger charge is -2.29. The Morgan fingerprint density at radius 2 is 2.11 bits per heavy atom. The lowest BCUT2D eigenvalue weighted by molar-refractivity contribution is -0.128. The van der Waals surface area contributed by atoms with Gasteiger partial charge in [0.15, 0.2) is 0 Å². The van der Waals surface area contributed by atoms with Gasteiger partial charge in [-0.25, -0.2) is 0 Å². The van der Waals surface area contributed by atoms with Crippen LogP contribution in [0.15, 0.2) is 30.3 Å². The van der Waals surface area contributed by atoms with Gasteiger partial charge in [0.25, 0.3) is 0 Å². The zero-order valence-electron chi connectivity index (χ0n) is 10.7. The van der Waals surface area contributed by atoms with Crippen LogP contribution in [0.2, 0.25) is 0 Å². The van der Waals surface area contributed by atoms with Crippen molar-refractivity contribution < 1.29 is 9.90 Å². The minimum atomic E-state index is -0.365. The highest BCUT2D eigenvalue weighted by Crippen LogP contribution is 2.11. The third-order valence-electron chi connectivity index (χ3n) is 3.20. The van der Waals surface area contributed by atoms with Crippen molar-refractivity contribution >= 4 is 12.0 Å². The lowest BCUT2D eigenvalue weighted by Crippen LogP contribution is -2.41. The van der Waals surface area contributed by atoms with Gasteiger partial charge in [0.2, 0.25) is 5.91 Å². The fraction of sp³-hybridized carbons (Fsp3) is 0.400.